The molecule has 24 heavy (non-hydrogen) atoms. The Hall–Kier alpha value is -1.81. The topological polar surface area (TPSA) is 66.8 Å². The summed E-state index contributed by atoms with van der Waals surface area (Å²) < 4.78 is 5.68. The number of rotatable bonds is 1. The molecule has 0 bridgehead atoms. The molecule has 0 radical (unpaired) electrons. The molecule has 2 N–H and O–H groups in total. The van der Waals surface area contributed by atoms with Crippen LogP contribution in [0.15, 0.2) is 12.6 Å². The Kier molecular flexibility index (Phi) is 2.45. The quantitative estimate of drug-likeness (QED) is 0.779. The van der Waals surface area contributed by atoms with Crippen LogP contribution in [-0.2, 0) is 14.9 Å². The highest BCUT2D eigenvalue weighted by Crippen LogP contribution is 2.76. The van der Waals surface area contributed by atoms with Crippen molar-refractivity contribution in [1.29, 1.82) is 0 Å². The molecule has 0 aromatic heterocycles. The van der Waals surface area contributed by atoms with Crippen molar-refractivity contribution in [3.05, 3.63) is 34.9 Å². The number of hydrogen-bond donors (Lipinski definition) is 2. The van der Waals surface area contributed by atoms with Gasteiger partial charge in [-0.1, -0.05) is 18.7 Å². The molecule has 1 aromatic carbocycles. The number of aromatic hydroxyl groups is 1. The van der Waals surface area contributed by atoms with E-state index in [-0.39, 0.29) is 23.1 Å². The lowest BCUT2D eigenvalue weighted by Crippen LogP contribution is -2.49. The fourth-order valence-electron chi connectivity index (χ4n) is 6.18. The number of phenols is 1. The van der Waals surface area contributed by atoms with Crippen LogP contribution in [0.2, 0.25) is 0 Å². The molecule has 4 heteroatoms. The van der Waals surface area contributed by atoms with Crippen LogP contribution in [0.4, 0.5) is 0 Å². The first-order chi connectivity index (χ1) is 11.4. The van der Waals surface area contributed by atoms with Crippen LogP contribution in [0, 0.1) is 24.2 Å². The molecule has 4 aliphatic rings. The number of carbonyl (C=O) groups is 1. The highest BCUT2D eigenvalue weighted by molar-refractivity contribution is 5.82. The van der Waals surface area contributed by atoms with E-state index in [2.05, 4.69) is 12.6 Å². The summed E-state index contributed by atoms with van der Waals surface area (Å²) in [6, 6.07) is 2.10. The van der Waals surface area contributed by atoms with Gasteiger partial charge in [0.05, 0.1) is 5.41 Å². The van der Waals surface area contributed by atoms with Crippen LogP contribution < -0.4 is 0 Å². The van der Waals surface area contributed by atoms with Crippen molar-refractivity contribution in [3.8, 4) is 5.75 Å². The van der Waals surface area contributed by atoms with Crippen molar-refractivity contribution >= 4 is 12.0 Å². The van der Waals surface area contributed by atoms with E-state index >= 15 is 0 Å². The zero-order chi connectivity index (χ0) is 17.0. The number of aliphatic hydroxyl groups is 1. The largest absolute Gasteiger partial charge is 0.507 e. The van der Waals surface area contributed by atoms with Gasteiger partial charge in [0.25, 0.3) is 0 Å². The molecule has 2 saturated carbocycles. The fraction of sp³-hybridized carbons (Fsp3) is 0.550. The van der Waals surface area contributed by atoms with Crippen molar-refractivity contribution in [2.24, 2.45) is 17.3 Å². The second kappa shape index (κ2) is 4.05. The molecule has 5 rings (SSSR count). The normalized spacial score (nSPS) is 44.2. The Balaban J connectivity index is 1.82. The highest BCUT2D eigenvalue weighted by atomic mass is 16.6. The van der Waals surface area contributed by atoms with Crippen LogP contribution >= 0.6 is 0 Å². The van der Waals surface area contributed by atoms with E-state index in [9.17, 15) is 15.0 Å². The first kappa shape index (κ1) is 14.5. The van der Waals surface area contributed by atoms with Crippen LogP contribution in [0.25, 0.3) is 6.08 Å². The monoisotopic (exact) mass is 326 g/mol. The first-order valence-corrected chi connectivity index (χ1v) is 8.75. The number of phenolic OH excluding ortho intramolecular Hbond substituents is 1. The Morgan fingerprint density at radius 3 is 2.92 bits per heavy atom. The van der Waals surface area contributed by atoms with Crippen molar-refractivity contribution in [3.63, 3.8) is 0 Å². The maximum absolute atomic E-state index is 12.6. The maximum Gasteiger partial charge on any atom is 0.312 e. The summed E-state index contributed by atoms with van der Waals surface area (Å²) >= 11 is 0. The minimum atomic E-state index is -0.972. The van der Waals surface area contributed by atoms with Gasteiger partial charge >= 0.3 is 5.97 Å². The molecule has 1 aromatic rings. The lowest BCUT2D eigenvalue weighted by Gasteiger charge is -2.46. The number of fused-ring (bicyclic) bond motifs is 1. The predicted molar refractivity (Wildman–Crippen MR) is 88.4 cm³/mol. The molecule has 3 fully saturated rings. The maximum atomic E-state index is 12.6. The average Bonchev–Trinajstić information content (AvgIpc) is 3.20. The van der Waals surface area contributed by atoms with Crippen molar-refractivity contribution in [1.82, 2.24) is 0 Å². The van der Waals surface area contributed by atoms with E-state index in [0.717, 1.165) is 30.4 Å². The number of carbonyl (C=O) groups excluding carboxylic acids is 1. The van der Waals surface area contributed by atoms with Gasteiger partial charge in [-0.05, 0) is 50.2 Å². The van der Waals surface area contributed by atoms with Crippen molar-refractivity contribution in [2.75, 3.05) is 0 Å². The molecular formula is C20H22O4. The molecule has 0 amide bonds. The summed E-state index contributed by atoms with van der Waals surface area (Å²) in [6.07, 6.45) is 2.96. The summed E-state index contributed by atoms with van der Waals surface area (Å²) in [4.78, 5) is 12.6. The standard InChI is InChI=1S/C20H22O4/c1-4-11-9(2)7-12-13(14(11)21)15(22)16-17-19(3,18(23)24-16)6-5-10-8-20(10,12)17/h4,7,10,15-17,21-22H,1,5-6,8H2,2-3H3. The van der Waals surface area contributed by atoms with E-state index in [0.29, 0.717) is 17.0 Å². The predicted octanol–water partition coefficient (Wildman–Crippen LogP) is 2.99. The molecule has 4 nitrogen and oxygen atoms in total. The Labute approximate surface area is 141 Å². The van der Waals surface area contributed by atoms with E-state index in [1.54, 1.807) is 6.08 Å². The summed E-state index contributed by atoms with van der Waals surface area (Å²) in [5.74, 6) is 0.440. The molecule has 6 unspecified atom stereocenters. The van der Waals surface area contributed by atoms with Crippen molar-refractivity contribution in [2.45, 2.75) is 50.7 Å². The zero-order valence-corrected chi connectivity index (χ0v) is 14.0. The molecule has 1 spiro atoms. The molecule has 1 aliphatic heterocycles. The third kappa shape index (κ3) is 1.32. The summed E-state index contributed by atoms with van der Waals surface area (Å²) in [7, 11) is 0. The molecular weight excluding hydrogens is 304 g/mol. The molecule has 1 heterocycles. The Morgan fingerprint density at radius 2 is 2.21 bits per heavy atom. The van der Waals surface area contributed by atoms with Gasteiger partial charge < -0.3 is 14.9 Å². The summed E-state index contributed by atoms with van der Waals surface area (Å²) in [5.41, 5.74) is 2.56. The lowest BCUT2D eigenvalue weighted by atomic mass is 9.55. The van der Waals surface area contributed by atoms with Crippen molar-refractivity contribution < 1.29 is 19.7 Å². The second-order valence-corrected chi connectivity index (χ2v) is 8.31. The van der Waals surface area contributed by atoms with E-state index in [1.807, 2.05) is 13.8 Å². The van der Waals surface area contributed by atoms with Crippen LogP contribution in [-0.4, -0.2) is 22.3 Å². The van der Waals surface area contributed by atoms with Gasteiger partial charge in [0.2, 0.25) is 0 Å². The number of aryl methyl sites for hydroxylation is 1. The van der Waals surface area contributed by atoms with Crippen LogP contribution in [0.3, 0.4) is 0 Å². The number of ether oxygens (including phenoxy) is 1. The average molecular weight is 326 g/mol. The Morgan fingerprint density at radius 1 is 1.46 bits per heavy atom. The van der Waals surface area contributed by atoms with Gasteiger partial charge in [0.1, 0.15) is 18.0 Å². The fourth-order valence-corrected chi connectivity index (χ4v) is 6.18. The first-order valence-electron chi connectivity index (χ1n) is 8.75. The Bertz CT molecular complexity index is 812. The summed E-state index contributed by atoms with van der Waals surface area (Å²) in [6.45, 7) is 7.74. The van der Waals surface area contributed by atoms with Gasteiger partial charge in [-0.25, -0.2) is 0 Å². The SMILES string of the molecule is C=Cc1c(C)cc2c(c1O)C(O)C1OC(=O)C3(C)CCC4CC24C13. The highest BCUT2D eigenvalue weighted by Gasteiger charge is 2.77. The van der Waals surface area contributed by atoms with Crippen LogP contribution in [0.5, 0.6) is 5.75 Å². The molecule has 6 atom stereocenters. The van der Waals surface area contributed by atoms with Gasteiger partial charge in [0.15, 0.2) is 0 Å². The molecule has 1 saturated heterocycles. The number of esters is 1. The van der Waals surface area contributed by atoms with Gasteiger partial charge in [0, 0.05) is 22.5 Å². The minimum absolute atomic E-state index is 0.00660. The third-order valence-corrected chi connectivity index (χ3v) is 7.34. The van der Waals surface area contributed by atoms with Crippen LogP contribution in [0.1, 0.15) is 54.5 Å². The lowest BCUT2D eigenvalue weighted by molar-refractivity contribution is -0.151. The van der Waals surface area contributed by atoms with Gasteiger partial charge in [-0.2, -0.15) is 0 Å². The smallest absolute Gasteiger partial charge is 0.312 e. The second-order valence-electron chi connectivity index (χ2n) is 8.31. The number of benzene rings is 1. The molecule has 126 valence electrons. The van der Waals surface area contributed by atoms with E-state index in [1.165, 1.54) is 0 Å². The third-order valence-electron chi connectivity index (χ3n) is 7.34. The zero-order valence-electron chi connectivity index (χ0n) is 14.0. The molecule has 3 aliphatic carbocycles. The number of aliphatic hydroxyl groups excluding tert-OH is 1. The minimum Gasteiger partial charge on any atom is -0.507 e. The van der Waals surface area contributed by atoms with Gasteiger partial charge in [-0.15, -0.1) is 0 Å². The van der Waals surface area contributed by atoms with E-state index in [4.69, 9.17) is 4.74 Å². The summed E-state index contributed by atoms with van der Waals surface area (Å²) in [5, 5.41) is 21.8. The van der Waals surface area contributed by atoms with Gasteiger partial charge in [-0.3, -0.25) is 4.79 Å². The van der Waals surface area contributed by atoms with E-state index < -0.39 is 17.6 Å². The number of hydrogen-bond acceptors (Lipinski definition) is 4.